The fourth-order valence-electron chi connectivity index (χ4n) is 2.96. The molecule has 0 nitrogen and oxygen atoms in total. The third kappa shape index (κ3) is 2.00. The van der Waals surface area contributed by atoms with Gasteiger partial charge in [0.2, 0.25) is 0 Å². The van der Waals surface area contributed by atoms with Crippen molar-refractivity contribution in [3.63, 3.8) is 0 Å². The Morgan fingerprint density at radius 2 is 2.18 bits per heavy atom. The molecule has 86 valence electrons. The summed E-state index contributed by atoms with van der Waals surface area (Å²) in [4.78, 5) is 0. The van der Waals surface area contributed by atoms with E-state index in [1.807, 2.05) is 0 Å². The van der Waals surface area contributed by atoms with E-state index in [2.05, 4.69) is 61.6 Å². The lowest BCUT2D eigenvalue weighted by Gasteiger charge is -2.20. The van der Waals surface area contributed by atoms with Crippen molar-refractivity contribution < 1.29 is 0 Å². The molecule has 2 aliphatic rings. The molecule has 0 saturated heterocycles. The molecule has 0 N–H and O–H groups in total. The van der Waals surface area contributed by atoms with Gasteiger partial charge in [-0.25, -0.2) is 0 Å². The van der Waals surface area contributed by atoms with Gasteiger partial charge in [-0.05, 0) is 29.9 Å². The largest absolute Gasteiger partial charge is 0.0805 e. The number of allylic oxidation sites excluding steroid dienone is 5. The van der Waals surface area contributed by atoms with Gasteiger partial charge < -0.3 is 0 Å². The summed E-state index contributed by atoms with van der Waals surface area (Å²) in [7, 11) is 0. The first-order valence-electron chi connectivity index (χ1n) is 6.46. The fraction of sp³-hybridized carbons (Fsp3) is 0.294. The lowest BCUT2D eigenvalue weighted by molar-refractivity contribution is 0.521. The van der Waals surface area contributed by atoms with Crippen LogP contribution in [0.3, 0.4) is 0 Å². The molecule has 0 fully saturated rings. The van der Waals surface area contributed by atoms with Crippen molar-refractivity contribution in [2.45, 2.75) is 25.7 Å². The Balaban J connectivity index is 1.75. The summed E-state index contributed by atoms with van der Waals surface area (Å²) >= 11 is 0. The quantitative estimate of drug-likeness (QED) is 0.694. The standard InChI is InChI=1S/C17H18/c1-13(12-14-6-2-3-7-14)16-11-10-15-8-4-5-9-17(15)16/h2-6,8-11,13,16H,7,12H2,1H3. The van der Waals surface area contributed by atoms with E-state index in [4.69, 9.17) is 0 Å². The van der Waals surface area contributed by atoms with Crippen molar-refractivity contribution in [2.24, 2.45) is 5.92 Å². The van der Waals surface area contributed by atoms with Crippen LogP contribution in [-0.4, -0.2) is 0 Å². The van der Waals surface area contributed by atoms with Gasteiger partial charge in [-0.3, -0.25) is 0 Å². The zero-order valence-corrected chi connectivity index (χ0v) is 10.3. The van der Waals surface area contributed by atoms with Crippen LogP contribution in [0, 0.1) is 5.92 Å². The number of rotatable bonds is 3. The summed E-state index contributed by atoms with van der Waals surface area (Å²) in [6.07, 6.45) is 13.7. The molecule has 0 bridgehead atoms. The highest BCUT2D eigenvalue weighted by Crippen LogP contribution is 2.38. The van der Waals surface area contributed by atoms with Gasteiger partial charge in [0.15, 0.2) is 0 Å². The van der Waals surface area contributed by atoms with Crippen LogP contribution in [0.25, 0.3) is 6.08 Å². The highest BCUT2D eigenvalue weighted by molar-refractivity contribution is 5.62. The molecule has 0 saturated carbocycles. The van der Waals surface area contributed by atoms with E-state index in [1.165, 1.54) is 17.5 Å². The third-order valence-electron chi connectivity index (χ3n) is 3.88. The highest BCUT2D eigenvalue weighted by atomic mass is 14.3. The molecule has 0 amide bonds. The second kappa shape index (κ2) is 4.37. The van der Waals surface area contributed by atoms with Gasteiger partial charge in [0.1, 0.15) is 0 Å². The second-order valence-electron chi connectivity index (χ2n) is 5.15. The van der Waals surface area contributed by atoms with Crippen LogP contribution in [0.1, 0.15) is 36.8 Å². The molecule has 3 rings (SSSR count). The normalized spacial score (nSPS) is 22.6. The molecule has 2 aliphatic carbocycles. The van der Waals surface area contributed by atoms with Crippen molar-refractivity contribution in [1.82, 2.24) is 0 Å². The van der Waals surface area contributed by atoms with Gasteiger partial charge in [-0.1, -0.05) is 67.1 Å². The summed E-state index contributed by atoms with van der Waals surface area (Å²) in [6, 6.07) is 8.77. The molecule has 0 heterocycles. The van der Waals surface area contributed by atoms with E-state index in [-0.39, 0.29) is 0 Å². The Morgan fingerprint density at radius 1 is 1.29 bits per heavy atom. The number of hydrogen-bond donors (Lipinski definition) is 0. The van der Waals surface area contributed by atoms with Crippen LogP contribution >= 0.6 is 0 Å². The molecular formula is C17H18. The van der Waals surface area contributed by atoms with Crippen molar-refractivity contribution in [1.29, 1.82) is 0 Å². The maximum Gasteiger partial charge on any atom is 0.00559 e. The van der Waals surface area contributed by atoms with Crippen LogP contribution in [0.4, 0.5) is 0 Å². The Morgan fingerprint density at radius 3 is 3.00 bits per heavy atom. The highest BCUT2D eigenvalue weighted by Gasteiger charge is 2.23. The zero-order valence-electron chi connectivity index (χ0n) is 10.3. The minimum absolute atomic E-state index is 0.604. The molecule has 0 aromatic heterocycles. The third-order valence-corrected chi connectivity index (χ3v) is 3.88. The van der Waals surface area contributed by atoms with E-state index in [9.17, 15) is 0 Å². The molecule has 0 aliphatic heterocycles. The molecule has 17 heavy (non-hydrogen) atoms. The lowest BCUT2D eigenvalue weighted by Crippen LogP contribution is -2.07. The predicted molar refractivity (Wildman–Crippen MR) is 73.8 cm³/mol. The molecule has 2 unspecified atom stereocenters. The Kier molecular flexibility index (Phi) is 2.72. The van der Waals surface area contributed by atoms with Gasteiger partial charge in [-0.2, -0.15) is 0 Å². The van der Waals surface area contributed by atoms with Crippen LogP contribution < -0.4 is 0 Å². The van der Waals surface area contributed by atoms with Gasteiger partial charge in [-0.15, -0.1) is 0 Å². The average molecular weight is 222 g/mol. The monoisotopic (exact) mass is 222 g/mol. The van der Waals surface area contributed by atoms with Crippen LogP contribution in [0.2, 0.25) is 0 Å². The first-order valence-corrected chi connectivity index (χ1v) is 6.46. The smallest absolute Gasteiger partial charge is 0.00559 e. The maximum atomic E-state index is 2.37. The Labute approximate surface area is 103 Å². The zero-order chi connectivity index (χ0) is 11.7. The fourth-order valence-corrected chi connectivity index (χ4v) is 2.96. The molecular weight excluding hydrogens is 204 g/mol. The summed E-state index contributed by atoms with van der Waals surface area (Å²) < 4.78 is 0. The Hall–Kier alpha value is -1.56. The van der Waals surface area contributed by atoms with Gasteiger partial charge in [0.25, 0.3) is 0 Å². The van der Waals surface area contributed by atoms with E-state index >= 15 is 0 Å². The molecule has 0 spiro atoms. The van der Waals surface area contributed by atoms with E-state index < -0.39 is 0 Å². The predicted octanol–water partition coefficient (Wildman–Crippen LogP) is 4.71. The minimum Gasteiger partial charge on any atom is -0.0805 e. The van der Waals surface area contributed by atoms with Crippen LogP contribution in [0.15, 0.2) is 54.1 Å². The lowest BCUT2D eigenvalue weighted by atomic mass is 9.84. The number of benzene rings is 1. The van der Waals surface area contributed by atoms with Gasteiger partial charge in [0.05, 0.1) is 0 Å². The second-order valence-corrected chi connectivity index (χ2v) is 5.15. The Bertz CT molecular complexity index is 503. The summed E-state index contributed by atoms with van der Waals surface area (Å²) in [5.74, 6) is 1.30. The number of fused-ring (bicyclic) bond motifs is 1. The van der Waals surface area contributed by atoms with Crippen LogP contribution in [0.5, 0.6) is 0 Å². The molecule has 0 radical (unpaired) electrons. The molecule has 1 aromatic rings. The summed E-state index contributed by atoms with van der Waals surface area (Å²) in [5, 5.41) is 0. The number of hydrogen-bond acceptors (Lipinski definition) is 0. The van der Waals surface area contributed by atoms with Gasteiger partial charge >= 0.3 is 0 Å². The van der Waals surface area contributed by atoms with Crippen molar-refractivity contribution in [3.05, 3.63) is 65.3 Å². The topological polar surface area (TPSA) is 0 Å². The summed E-state index contributed by atoms with van der Waals surface area (Å²) in [5.41, 5.74) is 4.49. The molecule has 0 heteroatoms. The molecule has 2 atom stereocenters. The first kappa shape index (κ1) is 10.6. The van der Waals surface area contributed by atoms with E-state index in [1.54, 1.807) is 5.57 Å². The maximum absolute atomic E-state index is 2.37. The van der Waals surface area contributed by atoms with Crippen LogP contribution in [-0.2, 0) is 0 Å². The first-order chi connectivity index (χ1) is 8.34. The van der Waals surface area contributed by atoms with Gasteiger partial charge in [0, 0.05) is 5.92 Å². The summed E-state index contributed by atoms with van der Waals surface area (Å²) in [6.45, 7) is 2.37. The van der Waals surface area contributed by atoms with Crippen molar-refractivity contribution in [2.75, 3.05) is 0 Å². The van der Waals surface area contributed by atoms with E-state index in [0.717, 1.165) is 6.42 Å². The van der Waals surface area contributed by atoms with E-state index in [0.29, 0.717) is 11.8 Å². The molecule has 1 aromatic carbocycles. The SMILES string of the molecule is CC(CC1=CC=CC1)C1C=Cc2ccccc21. The minimum atomic E-state index is 0.604. The van der Waals surface area contributed by atoms with Crippen molar-refractivity contribution in [3.8, 4) is 0 Å². The van der Waals surface area contributed by atoms with Crippen molar-refractivity contribution >= 4 is 6.08 Å². The average Bonchev–Trinajstić information content (AvgIpc) is 2.96.